The van der Waals surface area contributed by atoms with Gasteiger partial charge in [-0.05, 0) is 18.4 Å². The van der Waals surface area contributed by atoms with Crippen molar-refractivity contribution in [1.82, 2.24) is 0 Å². The van der Waals surface area contributed by atoms with Crippen LogP contribution in [-0.4, -0.2) is 23.1 Å². The summed E-state index contributed by atoms with van der Waals surface area (Å²) >= 11 is 0. The van der Waals surface area contributed by atoms with Gasteiger partial charge >= 0.3 is 23.1 Å². The predicted octanol–water partition coefficient (Wildman–Crippen LogP) is 1.42. The number of benzene rings is 1. The van der Waals surface area contributed by atoms with Gasteiger partial charge in [0.15, 0.2) is 0 Å². The van der Waals surface area contributed by atoms with Crippen molar-refractivity contribution in [1.29, 1.82) is 0 Å². The van der Waals surface area contributed by atoms with E-state index in [0.717, 1.165) is 6.42 Å². The Morgan fingerprint density at radius 1 is 0.765 bits per heavy atom. The maximum Gasteiger partial charge on any atom is 2.00 e. The number of halogens is 1. The van der Waals surface area contributed by atoms with Crippen LogP contribution in [0.1, 0.15) is 50.5 Å². The van der Waals surface area contributed by atoms with E-state index in [-0.39, 0.29) is 40.0 Å². The smallest absolute Gasteiger partial charge is 1.00 e. The second-order valence-electron chi connectivity index (χ2n) is 4.21. The molecule has 0 unspecified atom stereocenters. The molecule has 2 heteroatoms. The molecule has 0 amide bonds. The van der Waals surface area contributed by atoms with E-state index in [4.69, 9.17) is 0 Å². The molecule has 0 nitrogen and oxygen atoms in total. The molecule has 1 rings (SSSR count). The summed E-state index contributed by atoms with van der Waals surface area (Å²) in [6.07, 6.45) is 10.5. The Labute approximate surface area is 133 Å². The number of hydrogen-bond donors (Lipinski definition) is 0. The van der Waals surface area contributed by atoms with Gasteiger partial charge in [0.2, 0.25) is 0 Å². The van der Waals surface area contributed by atoms with Crippen molar-refractivity contribution < 1.29 is 17.0 Å². The van der Waals surface area contributed by atoms with Crippen LogP contribution < -0.4 is 17.0 Å². The topological polar surface area (TPSA) is 0 Å². The molecule has 1 aromatic rings. The SMILES string of the molecule is [Br-].[CH2-]CCCCCCCCc1ccccc1.[Mg+2]. The minimum Gasteiger partial charge on any atom is -1.00 e. The molecule has 1 aromatic carbocycles. The van der Waals surface area contributed by atoms with Crippen LogP contribution in [0.4, 0.5) is 0 Å². The van der Waals surface area contributed by atoms with E-state index < -0.39 is 0 Å². The van der Waals surface area contributed by atoms with Crippen molar-refractivity contribution in [2.45, 2.75) is 51.4 Å². The molecule has 0 N–H and O–H groups in total. The van der Waals surface area contributed by atoms with E-state index in [1.54, 1.807) is 0 Å². The van der Waals surface area contributed by atoms with Gasteiger partial charge in [0.25, 0.3) is 0 Å². The van der Waals surface area contributed by atoms with Gasteiger partial charge in [0.1, 0.15) is 0 Å². The Kier molecular flexibility index (Phi) is 16.9. The van der Waals surface area contributed by atoms with Crippen LogP contribution >= 0.6 is 0 Å². The molecule has 0 atom stereocenters. The molecule has 0 aliphatic heterocycles. The average Bonchev–Trinajstić information content (AvgIpc) is 2.29. The second-order valence-corrected chi connectivity index (χ2v) is 4.21. The zero-order chi connectivity index (χ0) is 10.8. The van der Waals surface area contributed by atoms with Gasteiger partial charge in [-0.1, -0.05) is 62.4 Å². The van der Waals surface area contributed by atoms with E-state index in [1.807, 2.05) is 0 Å². The van der Waals surface area contributed by atoms with Crippen LogP contribution in [0.5, 0.6) is 0 Å². The number of rotatable bonds is 8. The Morgan fingerprint density at radius 3 is 1.88 bits per heavy atom. The van der Waals surface area contributed by atoms with Crippen molar-refractivity contribution >= 4 is 23.1 Å². The summed E-state index contributed by atoms with van der Waals surface area (Å²) in [5.74, 6) is 0. The maximum absolute atomic E-state index is 3.86. The molecular weight excluding hydrogens is 284 g/mol. The van der Waals surface area contributed by atoms with Crippen molar-refractivity contribution in [3.63, 3.8) is 0 Å². The third-order valence-corrected chi connectivity index (χ3v) is 2.81. The van der Waals surface area contributed by atoms with Crippen LogP contribution in [-0.2, 0) is 6.42 Å². The third kappa shape index (κ3) is 11.3. The Morgan fingerprint density at radius 2 is 1.29 bits per heavy atom. The molecule has 0 aliphatic carbocycles. The Bertz CT molecular complexity index is 236. The van der Waals surface area contributed by atoms with Crippen LogP contribution in [0.25, 0.3) is 0 Å². The molecule has 0 radical (unpaired) electrons. The van der Waals surface area contributed by atoms with Crippen molar-refractivity contribution in [2.75, 3.05) is 0 Å². The number of unbranched alkanes of at least 4 members (excludes halogenated alkanes) is 6. The van der Waals surface area contributed by atoms with E-state index in [0.29, 0.717) is 0 Å². The predicted molar refractivity (Wildman–Crippen MR) is 73.6 cm³/mol. The summed E-state index contributed by atoms with van der Waals surface area (Å²) in [5.41, 5.74) is 1.48. The first kappa shape index (κ1) is 19.8. The van der Waals surface area contributed by atoms with Gasteiger partial charge in [0.05, 0.1) is 0 Å². The first-order valence-electron chi connectivity index (χ1n) is 6.26. The minimum absolute atomic E-state index is 0. The molecule has 0 aromatic heterocycles. The zero-order valence-corrected chi connectivity index (χ0v) is 13.8. The quantitative estimate of drug-likeness (QED) is 0.387. The molecular formula is C15H23BrMg. The van der Waals surface area contributed by atoms with Gasteiger partial charge in [-0.3, -0.25) is 0 Å². The average molecular weight is 308 g/mol. The summed E-state index contributed by atoms with van der Waals surface area (Å²) in [6, 6.07) is 10.8. The Balaban J connectivity index is 0. The fourth-order valence-corrected chi connectivity index (χ4v) is 1.86. The summed E-state index contributed by atoms with van der Waals surface area (Å²) in [6.45, 7) is 3.86. The first-order chi connectivity index (χ1) is 7.43. The van der Waals surface area contributed by atoms with Gasteiger partial charge in [-0.2, -0.15) is 6.42 Å². The van der Waals surface area contributed by atoms with Gasteiger partial charge in [-0.25, -0.2) is 0 Å². The summed E-state index contributed by atoms with van der Waals surface area (Å²) < 4.78 is 0. The van der Waals surface area contributed by atoms with Crippen LogP contribution in [0, 0.1) is 6.92 Å². The molecule has 0 bridgehead atoms. The largest absolute Gasteiger partial charge is 2.00 e. The summed E-state index contributed by atoms with van der Waals surface area (Å²) in [7, 11) is 0. The maximum atomic E-state index is 3.86. The molecule has 0 heterocycles. The fourth-order valence-electron chi connectivity index (χ4n) is 1.86. The molecule has 0 fully saturated rings. The number of hydrogen-bond acceptors (Lipinski definition) is 0. The molecule has 92 valence electrons. The first-order valence-corrected chi connectivity index (χ1v) is 6.26. The molecule has 0 saturated heterocycles. The van der Waals surface area contributed by atoms with Crippen LogP contribution in [0.2, 0.25) is 0 Å². The summed E-state index contributed by atoms with van der Waals surface area (Å²) in [5, 5.41) is 0. The molecule has 17 heavy (non-hydrogen) atoms. The second kappa shape index (κ2) is 14.5. The van der Waals surface area contributed by atoms with Gasteiger partial charge in [0, 0.05) is 0 Å². The third-order valence-electron chi connectivity index (χ3n) is 2.81. The molecule has 0 saturated carbocycles. The Hall–Kier alpha value is 0.466. The monoisotopic (exact) mass is 306 g/mol. The van der Waals surface area contributed by atoms with E-state index in [9.17, 15) is 0 Å². The van der Waals surface area contributed by atoms with Crippen molar-refractivity contribution in [3.05, 3.63) is 42.8 Å². The molecule has 0 aliphatic rings. The van der Waals surface area contributed by atoms with Gasteiger partial charge in [-0.15, -0.1) is 0 Å². The van der Waals surface area contributed by atoms with Crippen molar-refractivity contribution in [3.8, 4) is 0 Å². The zero-order valence-electron chi connectivity index (χ0n) is 10.8. The number of aryl methyl sites for hydroxylation is 1. The van der Waals surface area contributed by atoms with Crippen LogP contribution in [0.3, 0.4) is 0 Å². The summed E-state index contributed by atoms with van der Waals surface area (Å²) in [4.78, 5) is 0. The van der Waals surface area contributed by atoms with E-state index in [2.05, 4.69) is 37.3 Å². The van der Waals surface area contributed by atoms with Crippen LogP contribution in [0.15, 0.2) is 30.3 Å². The van der Waals surface area contributed by atoms with E-state index in [1.165, 1.54) is 50.5 Å². The minimum atomic E-state index is 0. The standard InChI is InChI=1S/C15H23.BrH.Mg/c1-2-3-4-5-6-7-9-12-15-13-10-8-11-14-15;;/h8,10-11,13-14H,1-7,9,12H2;1H;/q-1;;+2/p-1. The normalized spacial score (nSPS) is 9.24. The molecule has 0 spiro atoms. The van der Waals surface area contributed by atoms with E-state index >= 15 is 0 Å². The fraction of sp³-hybridized carbons (Fsp3) is 0.533. The van der Waals surface area contributed by atoms with Crippen molar-refractivity contribution in [2.24, 2.45) is 0 Å². The van der Waals surface area contributed by atoms with Gasteiger partial charge < -0.3 is 23.9 Å².